The van der Waals surface area contributed by atoms with Crippen LogP contribution in [0.5, 0.6) is 0 Å². The predicted molar refractivity (Wildman–Crippen MR) is 87.2 cm³/mol. The Bertz CT molecular complexity index is 551. The van der Waals surface area contributed by atoms with E-state index in [4.69, 9.17) is 22.9 Å². The van der Waals surface area contributed by atoms with Gasteiger partial charge in [0, 0.05) is 11.7 Å². The molecule has 1 unspecified atom stereocenters. The van der Waals surface area contributed by atoms with Crippen molar-refractivity contribution < 1.29 is 0 Å². The number of hydrogen-bond acceptors (Lipinski definition) is 3. The van der Waals surface area contributed by atoms with Crippen LogP contribution in [0, 0.1) is 5.41 Å². The Morgan fingerprint density at radius 1 is 1.45 bits per heavy atom. The number of fused-ring (bicyclic) bond motifs is 1. The average molecular weight is 289 g/mol. The van der Waals surface area contributed by atoms with Gasteiger partial charge in [0.1, 0.15) is 10.8 Å². The van der Waals surface area contributed by atoms with Crippen LogP contribution in [0.15, 0.2) is 6.07 Å². The Morgan fingerprint density at radius 2 is 2.25 bits per heavy atom. The van der Waals surface area contributed by atoms with Gasteiger partial charge in [-0.15, -0.1) is 0 Å². The number of aromatic nitrogens is 1. The SMILES string of the molecule is CC1(C)CCC(Nc2nc3c(cc2C(N)=S)CCC3)C1. The number of nitrogens with two attached hydrogens (primary N) is 1. The number of rotatable bonds is 3. The summed E-state index contributed by atoms with van der Waals surface area (Å²) < 4.78 is 0. The van der Waals surface area contributed by atoms with Crippen molar-refractivity contribution >= 4 is 23.0 Å². The first kappa shape index (κ1) is 13.8. The van der Waals surface area contributed by atoms with Gasteiger partial charge in [-0.1, -0.05) is 26.1 Å². The number of pyridine rings is 1. The van der Waals surface area contributed by atoms with Gasteiger partial charge in [-0.2, -0.15) is 0 Å². The second-order valence-electron chi connectivity index (χ2n) is 6.96. The summed E-state index contributed by atoms with van der Waals surface area (Å²) in [6.07, 6.45) is 7.02. The summed E-state index contributed by atoms with van der Waals surface area (Å²) in [5.74, 6) is 0.904. The number of anilines is 1. The maximum Gasteiger partial charge on any atom is 0.136 e. The van der Waals surface area contributed by atoms with Crippen LogP contribution >= 0.6 is 12.2 Å². The summed E-state index contributed by atoms with van der Waals surface area (Å²) in [7, 11) is 0. The third-order valence-electron chi connectivity index (χ3n) is 4.63. The van der Waals surface area contributed by atoms with E-state index in [2.05, 4.69) is 25.2 Å². The molecule has 3 nitrogen and oxygen atoms in total. The van der Waals surface area contributed by atoms with Gasteiger partial charge in [0.15, 0.2) is 0 Å². The Kier molecular flexibility index (Phi) is 3.44. The quantitative estimate of drug-likeness (QED) is 0.839. The lowest BCUT2D eigenvalue weighted by molar-refractivity contribution is 0.378. The summed E-state index contributed by atoms with van der Waals surface area (Å²) in [6.45, 7) is 4.67. The molecule has 3 rings (SSSR count). The largest absolute Gasteiger partial charge is 0.389 e. The molecule has 2 aliphatic carbocycles. The number of thiocarbonyl (C=S) groups is 1. The minimum absolute atomic E-state index is 0.428. The van der Waals surface area contributed by atoms with Crippen LogP contribution in [0.2, 0.25) is 0 Å². The maximum absolute atomic E-state index is 5.89. The van der Waals surface area contributed by atoms with Crippen LogP contribution in [-0.2, 0) is 12.8 Å². The Balaban J connectivity index is 1.87. The first-order chi connectivity index (χ1) is 9.44. The van der Waals surface area contributed by atoms with Crippen molar-refractivity contribution in [3.63, 3.8) is 0 Å². The first-order valence-electron chi connectivity index (χ1n) is 7.54. The minimum Gasteiger partial charge on any atom is -0.389 e. The summed E-state index contributed by atoms with van der Waals surface area (Å²) in [6, 6.07) is 2.64. The van der Waals surface area contributed by atoms with Gasteiger partial charge in [0.2, 0.25) is 0 Å². The highest BCUT2D eigenvalue weighted by atomic mass is 32.1. The van der Waals surface area contributed by atoms with E-state index in [0.29, 0.717) is 16.4 Å². The van der Waals surface area contributed by atoms with Crippen LogP contribution < -0.4 is 11.1 Å². The van der Waals surface area contributed by atoms with Gasteiger partial charge < -0.3 is 11.1 Å². The Hall–Kier alpha value is -1.16. The lowest BCUT2D eigenvalue weighted by Crippen LogP contribution is -2.22. The number of nitrogens with one attached hydrogen (secondary N) is 1. The van der Waals surface area contributed by atoms with Crippen LogP contribution in [-0.4, -0.2) is 16.0 Å². The Labute approximate surface area is 126 Å². The molecule has 0 amide bonds. The molecule has 20 heavy (non-hydrogen) atoms. The van der Waals surface area contributed by atoms with E-state index < -0.39 is 0 Å². The third kappa shape index (κ3) is 2.66. The molecule has 1 aromatic heterocycles. The van der Waals surface area contributed by atoms with Crippen molar-refractivity contribution in [3.8, 4) is 0 Å². The molecule has 1 heterocycles. The molecule has 1 saturated carbocycles. The molecule has 1 atom stereocenters. The number of aryl methyl sites for hydroxylation is 2. The number of hydrogen-bond donors (Lipinski definition) is 2. The zero-order valence-electron chi connectivity index (χ0n) is 12.3. The molecule has 108 valence electrons. The molecular formula is C16H23N3S. The van der Waals surface area contributed by atoms with E-state index in [1.54, 1.807) is 0 Å². The van der Waals surface area contributed by atoms with Crippen LogP contribution in [0.25, 0.3) is 0 Å². The van der Waals surface area contributed by atoms with Crippen LogP contribution in [0.3, 0.4) is 0 Å². The molecule has 2 aliphatic rings. The van der Waals surface area contributed by atoms with Gasteiger partial charge in [-0.3, -0.25) is 0 Å². The fraction of sp³-hybridized carbons (Fsp3) is 0.625. The molecule has 0 saturated heterocycles. The van der Waals surface area contributed by atoms with Crippen molar-refractivity contribution in [3.05, 3.63) is 22.9 Å². The highest BCUT2D eigenvalue weighted by Gasteiger charge is 2.31. The molecule has 1 aromatic rings. The van der Waals surface area contributed by atoms with Gasteiger partial charge in [-0.25, -0.2) is 4.98 Å². The first-order valence-corrected chi connectivity index (χ1v) is 7.94. The van der Waals surface area contributed by atoms with E-state index in [0.717, 1.165) is 24.2 Å². The molecule has 0 radical (unpaired) electrons. The van der Waals surface area contributed by atoms with Gasteiger partial charge >= 0.3 is 0 Å². The second-order valence-corrected chi connectivity index (χ2v) is 7.40. The van der Waals surface area contributed by atoms with Crippen LogP contribution in [0.1, 0.15) is 56.4 Å². The predicted octanol–water partition coefficient (Wildman–Crippen LogP) is 3.20. The van der Waals surface area contributed by atoms with Gasteiger partial charge in [0.05, 0.1) is 5.56 Å². The van der Waals surface area contributed by atoms with Crippen molar-refractivity contribution in [1.82, 2.24) is 4.98 Å². The zero-order valence-corrected chi connectivity index (χ0v) is 13.1. The number of nitrogens with zero attached hydrogens (tertiary/aromatic N) is 1. The van der Waals surface area contributed by atoms with Crippen molar-refractivity contribution in [1.29, 1.82) is 0 Å². The molecule has 0 spiro atoms. The maximum atomic E-state index is 5.89. The van der Waals surface area contributed by atoms with Gasteiger partial charge in [-0.05, 0) is 55.6 Å². The van der Waals surface area contributed by atoms with Crippen LogP contribution in [0.4, 0.5) is 5.82 Å². The molecule has 0 bridgehead atoms. The summed E-state index contributed by atoms with van der Waals surface area (Å²) >= 11 is 5.20. The standard InChI is InChI=1S/C16H23N3S/c1-16(2)7-6-11(9-16)18-15-12(14(17)20)8-10-4-3-5-13(10)19-15/h8,11H,3-7,9H2,1-2H3,(H2,17,20)(H,18,19). The molecule has 3 N–H and O–H groups in total. The zero-order chi connectivity index (χ0) is 14.3. The fourth-order valence-corrected chi connectivity index (χ4v) is 3.68. The van der Waals surface area contributed by atoms with Crippen molar-refractivity contribution in [2.45, 2.75) is 58.4 Å². The monoisotopic (exact) mass is 289 g/mol. The fourth-order valence-electron chi connectivity index (χ4n) is 3.52. The van der Waals surface area contributed by atoms with Crippen molar-refractivity contribution in [2.24, 2.45) is 11.1 Å². The lowest BCUT2D eigenvalue weighted by atomic mass is 9.92. The summed E-state index contributed by atoms with van der Waals surface area (Å²) in [5.41, 5.74) is 9.79. The highest BCUT2D eigenvalue weighted by molar-refractivity contribution is 7.80. The topological polar surface area (TPSA) is 50.9 Å². The van der Waals surface area contributed by atoms with Gasteiger partial charge in [0.25, 0.3) is 0 Å². The highest BCUT2D eigenvalue weighted by Crippen LogP contribution is 2.38. The average Bonchev–Trinajstić information content (AvgIpc) is 2.94. The van der Waals surface area contributed by atoms with E-state index >= 15 is 0 Å². The molecule has 4 heteroatoms. The Morgan fingerprint density at radius 3 is 2.90 bits per heavy atom. The summed E-state index contributed by atoms with van der Waals surface area (Å²) in [4.78, 5) is 5.26. The van der Waals surface area contributed by atoms with E-state index in [9.17, 15) is 0 Å². The normalized spacial score (nSPS) is 23.6. The third-order valence-corrected chi connectivity index (χ3v) is 4.85. The van der Waals surface area contributed by atoms with E-state index in [1.807, 2.05) is 0 Å². The lowest BCUT2D eigenvalue weighted by Gasteiger charge is -2.20. The van der Waals surface area contributed by atoms with E-state index in [-0.39, 0.29) is 0 Å². The molecule has 0 aromatic carbocycles. The smallest absolute Gasteiger partial charge is 0.136 e. The molecular weight excluding hydrogens is 266 g/mol. The van der Waals surface area contributed by atoms with Crippen molar-refractivity contribution in [2.75, 3.05) is 5.32 Å². The van der Waals surface area contributed by atoms with E-state index in [1.165, 1.54) is 36.9 Å². The molecule has 0 aliphatic heterocycles. The molecule has 1 fully saturated rings. The summed E-state index contributed by atoms with van der Waals surface area (Å²) in [5, 5.41) is 3.60. The second kappa shape index (κ2) is 4.99. The minimum atomic E-state index is 0.428.